The van der Waals surface area contributed by atoms with Crippen LogP contribution in [0.2, 0.25) is 0 Å². The highest BCUT2D eigenvalue weighted by atomic mass is 32.1. The first-order valence-corrected chi connectivity index (χ1v) is 9.55. The Kier molecular flexibility index (Phi) is 6.60. The van der Waals surface area contributed by atoms with Gasteiger partial charge in [-0.3, -0.25) is 9.36 Å². The van der Waals surface area contributed by atoms with Crippen molar-refractivity contribution in [1.82, 2.24) is 19.7 Å². The van der Waals surface area contributed by atoms with E-state index >= 15 is 0 Å². The monoisotopic (exact) mass is 420 g/mol. The summed E-state index contributed by atoms with van der Waals surface area (Å²) >= 11 is 5.58. The zero-order valence-electron chi connectivity index (χ0n) is 15.9. The van der Waals surface area contributed by atoms with Crippen molar-refractivity contribution >= 4 is 18.1 Å². The Morgan fingerprint density at radius 3 is 2.62 bits per heavy atom. The fraction of sp³-hybridized carbons (Fsp3) is 0.421. The Morgan fingerprint density at radius 1 is 1.34 bits per heavy atom. The van der Waals surface area contributed by atoms with E-state index in [1.54, 1.807) is 10.6 Å². The van der Waals surface area contributed by atoms with E-state index < -0.39 is 43.1 Å². The molecular weight excluding hydrogens is 396 g/mol. The van der Waals surface area contributed by atoms with Crippen molar-refractivity contribution < 1.29 is 24.9 Å². The quantitative estimate of drug-likeness (QED) is 0.394. The van der Waals surface area contributed by atoms with Gasteiger partial charge in [0.1, 0.15) is 24.4 Å². The number of aliphatic hydroxyl groups is 3. The van der Waals surface area contributed by atoms with Crippen molar-refractivity contribution in [3.8, 4) is 11.4 Å². The number of hydrogen-bond acceptors (Lipinski definition) is 7. The van der Waals surface area contributed by atoms with Crippen LogP contribution in [-0.4, -0.2) is 66.5 Å². The van der Waals surface area contributed by atoms with E-state index in [0.717, 1.165) is 5.56 Å². The van der Waals surface area contributed by atoms with E-state index in [9.17, 15) is 20.1 Å². The molecule has 0 saturated carbocycles. The summed E-state index contributed by atoms with van der Waals surface area (Å²) in [5.74, 6) is 0.138. The van der Waals surface area contributed by atoms with Crippen LogP contribution >= 0.6 is 12.2 Å². The van der Waals surface area contributed by atoms with Gasteiger partial charge < -0.3 is 25.4 Å². The Hall–Kier alpha value is -2.37. The molecule has 1 aliphatic rings. The third-order valence-corrected chi connectivity index (χ3v) is 5.15. The third-order valence-electron chi connectivity index (χ3n) is 4.74. The third kappa shape index (κ3) is 4.16. The fourth-order valence-electron chi connectivity index (χ4n) is 3.37. The zero-order chi connectivity index (χ0) is 21.1. The Balaban J connectivity index is 2.12. The molecular formula is C19H24N4O5S. The molecule has 1 aromatic heterocycles. The number of ether oxygens (including phenoxy) is 1. The molecule has 1 saturated heterocycles. The van der Waals surface area contributed by atoms with Crippen LogP contribution in [0.25, 0.3) is 11.4 Å². The largest absolute Gasteiger partial charge is 0.394 e. The molecule has 0 bridgehead atoms. The van der Waals surface area contributed by atoms with Crippen molar-refractivity contribution in [3.05, 3.63) is 47.8 Å². The van der Waals surface area contributed by atoms with Crippen molar-refractivity contribution in [2.75, 3.05) is 6.61 Å². The van der Waals surface area contributed by atoms with Crippen LogP contribution < -0.4 is 5.32 Å². The van der Waals surface area contributed by atoms with Crippen LogP contribution in [0.3, 0.4) is 0 Å². The van der Waals surface area contributed by atoms with Crippen LogP contribution in [0.5, 0.6) is 0 Å². The van der Waals surface area contributed by atoms with Crippen LogP contribution in [0.15, 0.2) is 43.0 Å². The highest BCUT2D eigenvalue weighted by molar-refractivity contribution is 7.71. The molecule has 1 aliphatic heterocycles. The number of carbonyl (C=O) groups is 1. The minimum absolute atomic E-state index is 0.282. The Morgan fingerprint density at radius 2 is 2.03 bits per heavy atom. The topological polar surface area (TPSA) is 122 Å². The second-order valence-electron chi connectivity index (χ2n) is 6.77. The summed E-state index contributed by atoms with van der Waals surface area (Å²) in [5, 5.41) is 37.5. The standard InChI is InChI=1S/C19H24N4O5S/c1-3-9-22-17(12-7-5-4-6-8-12)21-23(19(22)29)18-14(20-11(2)25)16(27)15(26)13(10-24)28-18/h3-8,13-16,18,24,26-27H,1,9-10H2,2H3,(H,20,25)/t13-,14-,15-,16-,18-/m1/s1. The smallest absolute Gasteiger partial charge is 0.217 e. The number of nitrogens with one attached hydrogen (secondary N) is 1. The van der Waals surface area contributed by atoms with E-state index in [4.69, 9.17) is 17.0 Å². The van der Waals surface area contributed by atoms with Gasteiger partial charge in [0, 0.05) is 19.0 Å². The molecule has 0 aliphatic carbocycles. The predicted molar refractivity (Wildman–Crippen MR) is 107 cm³/mol. The minimum Gasteiger partial charge on any atom is -0.394 e. The molecule has 0 radical (unpaired) electrons. The molecule has 4 N–H and O–H groups in total. The first kappa shape index (κ1) is 21.3. The number of aliphatic hydroxyl groups excluding tert-OH is 3. The van der Waals surface area contributed by atoms with Gasteiger partial charge in [-0.1, -0.05) is 36.4 Å². The van der Waals surface area contributed by atoms with Gasteiger partial charge >= 0.3 is 0 Å². The zero-order valence-corrected chi connectivity index (χ0v) is 16.7. The van der Waals surface area contributed by atoms with Gasteiger partial charge in [-0.15, -0.1) is 11.7 Å². The number of amides is 1. The summed E-state index contributed by atoms with van der Waals surface area (Å²) < 4.78 is 9.20. The summed E-state index contributed by atoms with van der Waals surface area (Å²) in [6.07, 6.45) is -3.19. The van der Waals surface area contributed by atoms with E-state index in [0.29, 0.717) is 12.4 Å². The van der Waals surface area contributed by atoms with Crippen LogP contribution in [-0.2, 0) is 16.1 Å². The molecule has 10 heteroatoms. The van der Waals surface area contributed by atoms with E-state index in [1.807, 2.05) is 30.3 Å². The summed E-state index contributed by atoms with van der Waals surface area (Å²) in [6.45, 7) is 4.91. The van der Waals surface area contributed by atoms with Gasteiger partial charge in [0.2, 0.25) is 10.7 Å². The average molecular weight is 420 g/mol. The van der Waals surface area contributed by atoms with Crippen molar-refractivity contribution in [2.45, 2.75) is 44.1 Å². The predicted octanol–water partition coefficient (Wildman–Crippen LogP) is 0.383. The normalized spacial score (nSPS) is 26.8. The molecule has 9 nitrogen and oxygen atoms in total. The summed E-state index contributed by atoms with van der Waals surface area (Å²) in [5.41, 5.74) is 0.811. The molecule has 5 atom stereocenters. The number of benzene rings is 1. The SMILES string of the molecule is C=CCn1c(-c2ccccc2)nn([C@@H]2O[C@H](CO)[C@@H](O)[C@H](O)[C@H]2NC(C)=O)c1=S. The Labute approximate surface area is 172 Å². The van der Waals surface area contributed by atoms with E-state index in [2.05, 4.69) is 17.0 Å². The second-order valence-corrected chi connectivity index (χ2v) is 7.14. The molecule has 2 heterocycles. The van der Waals surface area contributed by atoms with Gasteiger partial charge in [-0.05, 0) is 12.2 Å². The molecule has 1 aromatic carbocycles. The summed E-state index contributed by atoms with van der Waals surface area (Å²) in [6, 6.07) is 8.36. The lowest BCUT2D eigenvalue weighted by molar-refractivity contribution is -0.219. The molecule has 2 aromatic rings. The number of carbonyl (C=O) groups excluding carboxylic acids is 1. The summed E-state index contributed by atoms with van der Waals surface area (Å²) in [7, 11) is 0. The second kappa shape index (κ2) is 8.97. The maximum absolute atomic E-state index is 11.7. The molecule has 3 rings (SSSR count). The van der Waals surface area contributed by atoms with Crippen molar-refractivity contribution in [2.24, 2.45) is 0 Å². The average Bonchev–Trinajstić information content (AvgIpc) is 3.03. The maximum Gasteiger partial charge on any atom is 0.217 e. The molecule has 1 fully saturated rings. The highest BCUT2D eigenvalue weighted by Gasteiger charge is 2.46. The van der Waals surface area contributed by atoms with E-state index in [-0.39, 0.29) is 4.77 Å². The number of nitrogens with zero attached hydrogens (tertiary/aromatic N) is 3. The molecule has 1 amide bonds. The van der Waals surface area contributed by atoms with Gasteiger partial charge in [0.05, 0.1) is 6.61 Å². The lowest BCUT2D eigenvalue weighted by atomic mass is 9.96. The van der Waals surface area contributed by atoms with Gasteiger partial charge in [0.15, 0.2) is 12.1 Å². The first-order chi connectivity index (χ1) is 13.9. The lowest BCUT2D eigenvalue weighted by Crippen LogP contribution is -2.62. The van der Waals surface area contributed by atoms with E-state index in [1.165, 1.54) is 11.6 Å². The summed E-state index contributed by atoms with van der Waals surface area (Å²) in [4.78, 5) is 11.7. The molecule has 0 spiro atoms. The van der Waals surface area contributed by atoms with Crippen molar-refractivity contribution in [3.63, 3.8) is 0 Å². The highest BCUT2D eigenvalue weighted by Crippen LogP contribution is 2.30. The fourth-order valence-corrected chi connectivity index (χ4v) is 3.68. The van der Waals surface area contributed by atoms with Gasteiger partial charge in [-0.25, -0.2) is 4.68 Å². The molecule has 0 unspecified atom stereocenters. The number of rotatable bonds is 6. The lowest BCUT2D eigenvalue weighted by Gasteiger charge is -2.42. The first-order valence-electron chi connectivity index (χ1n) is 9.14. The van der Waals surface area contributed by atoms with Gasteiger partial charge in [0.25, 0.3) is 0 Å². The van der Waals surface area contributed by atoms with Crippen LogP contribution in [0.4, 0.5) is 0 Å². The van der Waals surface area contributed by atoms with Crippen LogP contribution in [0.1, 0.15) is 13.2 Å². The maximum atomic E-state index is 11.7. The number of hydrogen-bond donors (Lipinski definition) is 4. The van der Waals surface area contributed by atoms with Crippen molar-refractivity contribution in [1.29, 1.82) is 0 Å². The number of aromatic nitrogens is 3. The minimum atomic E-state index is -1.39. The molecule has 156 valence electrons. The Bertz CT molecular complexity index is 928. The van der Waals surface area contributed by atoms with Crippen LogP contribution in [0, 0.1) is 4.77 Å². The molecule has 29 heavy (non-hydrogen) atoms. The van der Waals surface area contributed by atoms with Gasteiger partial charge in [-0.2, -0.15) is 0 Å². The number of allylic oxidation sites excluding steroid dienone is 1.